The van der Waals surface area contributed by atoms with E-state index >= 15 is 0 Å². The third-order valence-corrected chi connectivity index (χ3v) is 4.90. The minimum absolute atomic E-state index is 0.0515. The predicted octanol–water partition coefficient (Wildman–Crippen LogP) is 4.30. The molecule has 0 saturated carbocycles. The van der Waals surface area contributed by atoms with E-state index in [4.69, 9.17) is 11.6 Å². The van der Waals surface area contributed by atoms with E-state index in [9.17, 15) is 24.5 Å². The molecule has 0 bridgehead atoms. The Kier molecular flexibility index (Phi) is 4.77. The fourth-order valence-corrected chi connectivity index (χ4v) is 3.38. The van der Waals surface area contributed by atoms with Crippen molar-refractivity contribution < 1.29 is 19.3 Å². The lowest BCUT2D eigenvalue weighted by molar-refractivity contribution is -0.384. The number of benzene rings is 3. The maximum atomic E-state index is 12.5. The monoisotopic (exact) mass is 421 g/mol. The number of hydrogen-bond donors (Lipinski definition) is 1. The molecule has 1 heterocycles. The molecule has 0 aliphatic carbocycles. The van der Waals surface area contributed by atoms with Crippen molar-refractivity contribution in [2.24, 2.45) is 0 Å². The number of anilines is 2. The number of nitro benzene ring substituents is 1. The molecule has 1 aliphatic heterocycles. The molecule has 148 valence electrons. The number of non-ortho nitro benzene ring substituents is 1. The third-order valence-electron chi connectivity index (χ3n) is 4.59. The highest BCUT2D eigenvalue weighted by Gasteiger charge is 2.36. The summed E-state index contributed by atoms with van der Waals surface area (Å²) in [6.45, 7) is 0. The fraction of sp³-hybridized carbons (Fsp3) is 0. The van der Waals surface area contributed by atoms with Crippen molar-refractivity contribution >= 4 is 46.4 Å². The number of amides is 3. The molecule has 30 heavy (non-hydrogen) atoms. The summed E-state index contributed by atoms with van der Waals surface area (Å²) in [5.41, 5.74) is 1.30. The van der Waals surface area contributed by atoms with Crippen LogP contribution in [0.5, 0.6) is 0 Å². The van der Waals surface area contributed by atoms with Crippen molar-refractivity contribution in [3.05, 3.63) is 98.6 Å². The van der Waals surface area contributed by atoms with Gasteiger partial charge in [-0.2, -0.15) is 0 Å². The summed E-state index contributed by atoms with van der Waals surface area (Å²) in [5, 5.41) is 13.4. The van der Waals surface area contributed by atoms with Gasteiger partial charge in [-0.3, -0.25) is 24.5 Å². The van der Waals surface area contributed by atoms with Crippen molar-refractivity contribution in [2.75, 3.05) is 10.2 Å². The summed E-state index contributed by atoms with van der Waals surface area (Å²) in [5.74, 6) is -1.38. The molecule has 0 unspecified atom stereocenters. The van der Waals surface area contributed by atoms with E-state index in [-0.39, 0.29) is 16.3 Å². The zero-order valence-electron chi connectivity index (χ0n) is 15.2. The van der Waals surface area contributed by atoms with Crippen molar-refractivity contribution in [3.63, 3.8) is 0 Å². The Balaban J connectivity index is 1.52. The molecule has 0 spiro atoms. The smallest absolute Gasteiger partial charge is 0.270 e. The topological polar surface area (TPSA) is 110 Å². The minimum atomic E-state index is -0.606. The SMILES string of the molecule is O=C(Nc1ccc(N2C(=O)c3ccccc3C2=O)cc1)c1ccc([N+](=O)[O-])cc1Cl. The van der Waals surface area contributed by atoms with Crippen LogP contribution in [0.4, 0.5) is 17.1 Å². The van der Waals surface area contributed by atoms with E-state index in [0.717, 1.165) is 11.0 Å². The molecule has 3 amide bonds. The van der Waals surface area contributed by atoms with Crippen LogP contribution in [-0.2, 0) is 0 Å². The standard InChI is InChI=1S/C21H12ClN3O5/c22-18-11-14(25(29)30)9-10-17(18)19(26)23-12-5-7-13(8-6-12)24-20(27)15-3-1-2-4-16(15)21(24)28/h1-11H,(H,23,26). The lowest BCUT2D eigenvalue weighted by Crippen LogP contribution is -2.29. The molecule has 9 heteroatoms. The van der Waals surface area contributed by atoms with Gasteiger partial charge in [-0.15, -0.1) is 0 Å². The average molecular weight is 422 g/mol. The van der Waals surface area contributed by atoms with Crippen molar-refractivity contribution in [1.82, 2.24) is 0 Å². The molecule has 3 aromatic carbocycles. The second-order valence-electron chi connectivity index (χ2n) is 6.41. The molecule has 0 atom stereocenters. The third kappa shape index (κ3) is 3.29. The van der Waals surface area contributed by atoms with Gasteiger partial charge in [0, 0.05) is 17.8 Å². The van der Waals surface area contributed by atoms with Crippen LogP contribution in [0, 0.1) is 10.1 Å². The zero-order valence-corrected chi connectivity index (χ0v) is 15.9. The van der Waals surface area contributed by atoms with Gasteiger partial charge in [0.05, 0.1) is 32.3 Å². The van der Waals surface area contributed by atoms with Crippen LogP contribution in [0.25, 0.3) is 0 Å². The van der Waals surface area contributed by atoms with E-state index in [1.165, 1.54) is 36.4 Å². The molecule has 4 rings (SSSR count). The van der Waals surface area contributed by atoms with Gasteiger partial charge in [0.25, 0.3) is 23.4 Å². The number of carbonyl (C=O) groups is 3. The maximum Gasteiger partial charge on any atom is 0.270 e. The predicted molar refractivity (Wildman–Crippen MR) is 110 cm³/mol. The average Bonchev–Trinajstić information content (AvgIpc) is 2.99. The van der Waals surface area contributed by atoms with Gasteiger partial charge in [-0.05, 0) is 42.5 Å². The van der Waals surface area contributed by atoms with Crippen LogP contribution in [-0.4, -0.2) is 22.6 Å². The number of halogens is 1. The quantitative estimate of drug-likeness (QED) is 0.383. The van der Waals surface area contributed by atoms with Gasteiger partial charge >= 0.3 is 0 Å². The number of rotatable bonds is 4. The summed E-state index contributed by atoms with van der Waals surface area (Å²) in [7, 11) is 0. The Bertz CT molecular complexity index is 1190. The normalized spacial score (nSPS) is 12.6. The number of carbonyl (C=O) groups excluding carboxylic acids is 3. The lowest BCUT2D eigenvalue weighted by atomic mass is 10.1. The van der Waals surface area contributed by atoms with E-state index < -0.39 is 22.6 Å². The van der Waals surface area contributed by atoms with Crippen molar-refractivity contribution in [2.45, 2.75) is 0 Å². The first-order chi connectivity index (χ1) is 14.4. The molecule has 3 aromatic rings. The maximum absolute atomic E-state index is 12.5. The molecule has 0 fully saturated rings. The van der Waals surface area contributed by atoms with E-state index in [2.05, 4.69) is 5.32 Å². The fourth-order valence-electron chi connectivity index (χ4n) is 3.12. The summed E-state index contributed by atoms with van der Waals surface area (Å²) in [6, 6.07) is 16.3. The second-order valence-corrected chi connectivity index (χ2v) is 6.82. The number of nitrogens with one attached hydrogen (secondary N) is 1. The van der Waals surface area contributed by atoms with Crippen molar-refractivity contribution in [3.8, 4) is 0 Å². The van der Waals surface area contributed by atoms with Gasteiger partial charge in [-0.25, -0.2) is 4.90 Å². The van der Waals surface area contributed by atoms with Gasteiger partial charge in [0.2, 0.25) is 0 Å². The highest BCUT2D eigenvalue weighted by atomic mass is 35.5. The van der Waals surface area contributed by atoms with Gasteiger partial charge in [0.15, 0.2) is 0 Å². The van der Waals surface area contributed by atoms with Crippen LogP contribution >= 0.6 is 11.6 Å². The zero-order chi connectivity index (χ0) is 21.4. The van der Waals surface area contributed by atoms with Gasteiger partial charge in [-0.1, -0.05) is 23.7 Å². The number of imide groups is 1. The molecular formula is C21H12ClN3O5. The second kappa shape index (κ2) is 7.41. The molecule has 0 aromatic heterocycles. The summed E-state index contributed by atoms with van der Waals surface area (Å²) < 4.78 is 0. The Hall–Kier alpha value is -4.04. The first kappa shape index (κ1) is 19.3. The van der Waals surface area contributed by atoms with Gasteiger partial charge in [0.1, 0.15) is 0 Å². The first-order valence-electron chi connectivity index (χ1n) is 8.70. The highest BCUT2D eigenvalue weighted by molar-refractivity contribution is 6.35. The summed E-state index contributed by atoms with van der Waals surface area (Å²) >= 11 is 5.98. The van der Waals surface area contributed by atoms with Crippen LogP contribution in [0.2, 0.25) is 5.02 Å². The van der Waals surface area contributed by atoms with Crippen LogP contribution < -0.4 is 10.2 Å². The molecule has 1 N–H and O–H groups in total. The van der Waals surface area contributed by atoms with E-state index in [1.54, 1.807) is 24.3 Å². The van der Waals surface area contributed by atoms with Gasteiger partial charge < -0.3 is 5.32 Å². The molecule has 1 aliphatic rings. The summed E-state index contributed by atoms with van der Waals surface area (Å²) in [6.07, 6.45) is 0. The Morgan fingerprint density at radius 2 is 1.53 bits per heavy atom. The van der Waals surface area contributed by atoms with Crippen LogP contribution in [0.15, 0.2) is 66.7 Å². The molecular weight excluding hydrogens is 410 g/mol. The highest BCUT2D eigenvalue weighted by Crippen LogP contribution is 2.29. The number of hydrogen-bond acceptors (Lipinski definition) is 5. The number of nitro groups is 1. The number of fused-ring (bicyclic) bond motifs is 1. The van der Waals surface area contributed by atoms with E-state index in [1.807, 2.05) is 0 Å². The van der Waals surface area contributed by atoms with Crippen LogP contribution in [0.1, 0.15) is 31.1 Å². The van der Waals surface area contributed by atoms with Crippen molar-refractivity contribution in [1.29, 1.82) is 0 Å². The Morgan fingerprint density at radius 3 is 2.07 bits per heavy atom. The van der Waals surface area contributed by atoms with Crippen LogP contribution in [0.3, 0.4) is 0 Å². The molecule has 8 nitrogen and oxygen atoms in total. The number of nitrogens with zero attached hydrogens (tertiary/aromatic N) is 2. The van der Waals surface area contributed by atoms with E-state index in [0.29, 0.717) is 22.5 Å². The molecule has 0 saturated heterocycles. The largest absolute Gasteiger partial charge is 0.322 e. The molecule has 0 radical (unpaired) electrons. The minimum Gasteiger partial charge on any atom is -0.322 e. The first-order valence-corrected chi connectivity index (χ1v) is 9.08. The summed E-state index contributed by atoms with van der Waals surface area (Å²) in [4.78, 5) is 48.8. The Labute approximate surface area is 174 Å². The Morgan fingerprint density at radius 1 is 0.933 bits per heavy atom. The lowest BCUT2D eigenvalue weighted by Gasteiger charge is -2.14.